The number of nitrogens with one attached hydrogen (secondary N) is 1. The molecular weight excluding hydrogens is 322 g/mol. The highest BCUT2D eigenvalue weighted by atomic mass is 79.9. The van der Waals surface area contributed by atoms with Crippen LogP contribution >= 0.6 is 15.9 Å². The Labute approximate surface area is 126 Å². The largest absolute Gasteiger partial charge is 0.493 e. The second kappa shape index (κ2) is 5.37. The van der Waals surface area contributed by atoms with E-state index in [4.69, 9.17) is 4.74 Å². The molecule has 1 fully saturated rings. The third-order valence-electron chi connectivity index (χ3n) is 4.37. The summed E-state index contributed by atoms with van der Waals surface area (Å²) in [4.78, 5) is 11.8. The number of hydrogen-bond acceptors (Lipinski definition) is 3. The van der Waals surface area contributed by atoms with Crippen molar-refractivity contribution in [2.45, 2.75) is 25.7 Å². The molecule has 1 saturated heterocycles. The second-order valence-corrected chi connectivity index (χ2v) is 6.58. The number of halogens is 1. The maximum Gasteiger partial charge on any atom is 0.310 e. The molecule has 5 heteroatoms. The lowest BCUT2D eigenvalue weighted by molar-refractivity contribution is -0.150. The minimum absolute atomic E-state index is 0.547. The van der Waals surface area contributed by atoms with Crippen molar-refractivity contribution in [3.05, 3.63) is 27.7 Å². The molecule has 0 amide bonds. The normalized spacial score (nSPS) is 20.2. The van der Waals surface area contributed by atoms with Gasteiger partial charge in [-0.05, 0) is 55.6 Å². The van der Waals surface area contributed by atoms with Gasteiger partial charge in [0.1, 0.15) is 5.75 Å². The number of fused-ring (bicyclic) bond motifs is 1. The monoisotopic (exact) mass is 339 g/mol. The van der Waals surface area contributed by atoms with Crippen molar-refractivity contribution in [3.63, 3.8) is 0 Å². The van der Waals surface area contributed by atoms with Crippen LogP contribution in [0.2, 0.25) is 0 Å². The van der Waals surface area contributed by atoms with Crippen LogP contribution in [0.4, 0.5) is 0 Å². The average molecular weight is 340 g/mol. The summed E-state index contributed by atoms with van der Waals surface area (Å²) in [5.41, 5.74) is 1.55. The summed E-state index contributed by atoms with van der Waals surface area (Å²) >= 11 is 3.52. The number of rotatable bonds is 3. The fourth-order valence-electron chi connectivity index (χ4n) is 3.21. The van der Waals surface area contributed by atoms with Crippen LogP contribution in [0.25, 0.3) is 0 Å². The molecule has 0 saturated carbocycles. The highest BCUT2D eigenvalue weighted by Gasteiger charge is 2.40. The first kappa shape index (κ1) is 13.9. The molecule has 2 aliphatic heterocycles. The summed E-state index contributed by atoms with van der Waals surface area (Å²) in [6, 6.07) is 4.08. The van der Waals surface area contributed by atoms with E-state index in [0.29, 0.717) is 25.9 Å². The van der Waals surface area contributed by atoms with E-state index in [1.807, 2.05) is 6.07 Å². The SMILES string of the molecule is O=C(O)C1(Cc2cc(Br)cc3c2OCC3)CCNCC1. The molecule has 4 nitrogen and oxygen atoms in total. The lowest BCUT2D eigenvalue weighted by atomic mass is 9.74. The second-order valence-electron chi connectivity index (χ2n) is 5.66. The van der Waals surface area contributed by atoms with Gasteiger partial charge in [0, 0.05) is 10.9 Å². The predicted octanol–water partition coefficient (Wildman–Crippen LogP) is 2.38. The van der Waals surface area contributed by atoms with Crippen LogP contribution in [-0.4, -0.2) is 30.8 Å². The van der Waals surface area contributed by atoms with Crippen LogP contribution in [-0.2, 0) is 17.6 Å². The zero-order chi connectivity index (χ0) is 14.2. The topological polar surface area (TPSA) is 58.6 Å². The van der Waals surface area contributed by atoms with Crippen LogP contribution in [0.3, 0.4) is 0 Å². The van der Waals surface area contributed by atoms with Crippen molar-refractivity contribution >= 4 is 21.9 Å². The molecule has 2 N–H and O–H groups in total. The number of aliphatic carboxylic acids is 1. The Morgan fingerprint density at radius 1 is 1.40 bits per heavy atom. The fraction of sp³-hybridized carbons (Fsp3) is 0.533. The van der Waals surface area contributed by atoms with Gasteiger partial charge < -0.3 is 15.2 Å². The summed E-state index contributed by atoms with van der Waals surface area (Å²) in [6.07, 6.45) is 2.79. The summed E-state index contributed by atoms with van der Waals surface area (Å²) in [5, 5.41) is 12.9. The fourth-order valence-corrected chi connectivity index (χ4v) is 3.77. The van der Waals surface area contributed by atoms with Gasteiger partial charge >= 0.3 is 5.97 Å². The minimum atomic E-state index is -0.689. The average Bonchev–Trinajstić information content (AvgIpc) is 2.88. The molecule has 0 atom stereocenters. The maximum absolute atomic E-state index is 11.8. The Morgan fingerprint density at radius 2 is 2.15 bits per heavy atom. The highest BCUT2D eigenvalue weighted by molar-refractivity contribution is 9.10. The van der Waals surface area contributed by atoms with Crippen LogP contribution < -0.4 is 10.1 Å². The smallest absolute Gasteiger partial charge is 0.310 e. The van der Waals surface area contributed by atoms with Crippen LogP contribution in [0.5, 0.6) is 5.75 Å². The Hall–Kier alpha value is -1.07. The number of carboxylic acid groups (broad SMARTS) is 1. The number of benzene rings is 1. The van der Waals surface area contributed by atoms with E-state index < -0.39 is 11.4 Å². The number of carboxylic acids is 1. The van der Waals surface area contributed by atoms with E-state index in [-0.39, 0.29) is 0 Å². The number of hydrogen-bond donors (Lipinski definition) is 2. The summed E-state index contributed by atoms with van der Waals surface area (Å²) < 4.78 is 6.73. The van der Waals surface area contributed by atoms with Crippen molar-refractivity contribution < 1.29 is 14.6 Å². The van der Waals surface area contributed by atoms with E-state index in [1.54, 1.807) is 0 Å². The lowest BCUT2D eigenvalue weighted by Gasteiger charge is -2.34. The van der Waals surface area contributed by atoms with Crippen LogP contribution in [0, 0.1) is 5.41 Å². The molecule has 3 rings (SSSR count). The zero-order valence-electron chi connectivity index (χ0n) is 11.2. The van der Waals surface area contributed by atoms with E-state index in [1.165, 1.54) is 5.56 Å². The quantitative estimate of drug-likeness (QED) is 0.887. The third-order valence-corrected chi connectivity index (χ3v) is 4.83. The first-order valence-corrected chi connectivity index (χ1v) is 7.78. The van der Waals surface area contributed by atoms with Gasteiger partial charge in [0.25, 0.3) is 0 Å². The van der Waals surface area contributed by atoms with E-state index >= 15 is 0 Å². The van der Waals surface area contributed by atoms with Crippen molar-refractivity contribution in [1.82, 2.24) is 5.32 Å². The summed E-state index contributed by atoms with van der Waals surface area (Å²) in [6.45, 7) is 2.23. The van der Waals surface area contributed by atoms with Crippen molar-refractivity contribution in [1.29, 1.82) is 0 Å². The van der Waals surface area contributed by atoms with Gasteiger partial charge in [-0.1, -0.05) is 15.9 Å². The van der Waals surface area contributed by atoms with Crippen molar-refractivity contribution in [2.75, 3.05) is 19.7 Å². The molecule has 0 radical (unpaired) electrons. The first-order chi connectivity index (χ1) is 9.61. The summed E-state index contributed by atoms with van der Waals surface area (Å²) in [5.74, 6) is 0.220. The van der Waals surface area contributed by atoms with Crippen LogP contribution in [0.1, 0.15) is 24.0 Å². The molecule has 0 aromatic heterocycles. The maximum atomic E-state index is 11.8. The standard InChI is InChI=1S/C15H18BrNO3/c16-12-7-10-1-6-20-13(10)11(8-12)9-15(14(18)19)2-4-17-5-3-15/h7-8,17H,1-6,9H2,(H,18,19). The first-order valence-electron chi connectivity index (χ1n) is 6.99. The molecule has 0 spiro atoms. The van der Waals surface area contributed by atoms with Gasteiger partial charge in [-0.15, -0.1) is 0 Å². The van der Waals surface area contributed by atoms with Gasteiger partial charge in [0.2, 0.25) is 0 Å². The van der Waals surface area contributed by atoms with Gasteiger partial charge in [0.15, 0.2) is 0 Å². The van der Waals surface area contributed by atoms with E-state index in [2.05, 4.69) is 27.3 Å². The highest BCUT2D eigenvalue weighted by Crippen LogP contribution is 2.40. The number of carbonyl (C=O) groups is 1. The van der Waals surface area contributed by atoms with Crippen molar-refractivity contribution in [2.24, 2.45) is 5.41 Å². The van der Waals surface area contributed by atoms with Crippen LogP contribution in [0.15, 0.2) is 16.6 Å². The van der Waals surface area contributed by atoms with E-state index in [0.717, 1.165) is 35.3 Å². The summed E-state index contributed by atoms with van der Waals surface area (Å²) in [7, 11) is 0. The molecular formula is C15H18BrNO3. The zero-order valence-corrected chi connectivity index (χ0v) is 12.8. The lowest BCUT2D eigenvalue weighted by Crippen LogP contribution is -2.43. The molecule has 2 heterocycles. The molecule has 0 aliphatic carbocycles. The Balaban J connectivity index is 1.95. The minimum Gasteiger partial charge on any atom is -0.493 e. The number of piperidine rings is 1. The number of ether oxygens (including phenoxy) is 1. The van der Waals surface area contributed by atoms with Gasteiger partial charge in [-0.3, -0.25) is 4.79 Å². The molecule has 108 valence electrons. The molecule has 0 bridgehead atoms. The molecule has 1 aromatic rings. The predicted molar refractivity (Wildman–Crippen MR) is 79.2 cm³/mol. The molecule has 0 unspecified atom stereocenters. The molecule has 20 heavy (non-hydrogen) atoms. The third kappa shape index (κ3) is 2.44. The Bertz CT molecular complexity index is 538. The van der Waals surface area contributed by atoms with E-state index in [9.17, 15) is 9.90 Å². The van der Waals surface area contributed by atoms with Gasteiger partial charge in [-0.2, -0.15) is 0 Å². The Morgan fingerprint density at radius 3 is 2.85 bits per heavy atom. The molecule has 2 aliphatic rings. The molecule has 1 aromatic carbocycles. The van der Waals surface area contributed by atoms with Crippen molar-refractivity contribution in [3.8, 4) is 5.75 Å². The Kier molecular flexibility index (Phi) is 3.73. The van der Waals surface area contributed by atoms with Gasteiger partial charge in [0.05, 0.1) is 12.0 Å². The van der Waals surface area contributed by atoms with Gasteiger partial charge in [-0.25, -0.2) is 0 Å².